The molecule has 0 aliphatic heterocycles. The number of halogens is 1. The van der Waals surface area contributed by atoms with Crippen LogP contribution in [0.3, 0.4) is 0 Å². The maximum Gasteiger partial charge on any atom is 0.233 e. The molecule has 1 heterocycles. The van der Waals surface area contributed by atoms with E-state index in [4.69, 9.17) is 16.3 Å². The van der Waals surface area contributed by atoms with Gasteiger partial charge in [-0.1, -0.05) is 65.8 Å². The third kappa shape index (κ3) is 6.82. The maximum atomic E-state index is 13.3. The van der Waals surface area contributed by atoms with Crippen LogP contribution in [0, 0.1) is 0 Å². The van der Waals surface area contributed by atoms with Crippen molar-refractivity contribution in [3.63, 3.8) is 0 Å². The first-order valence-electron chi connectivity index (χ1n) is 11.0. The zero-order chi connectivity index (χ0) is 23.8. The fraction of sp³-hybridized carbons (Fsp3) is 0.400. The number of benzene rings is 2. The maximum absolute atomic E-state index is 13.3. The van der Waals surface area contributed by atoms with E-state index in [9.17, 15) is 4.79 Å². The van der Waals surface area contributed by atoms with Crippen LogP contribution in [-0.2, 0) is 22.6 Å². The van der Waals surface area contributed by atoms with Gasteiger partial charge in [0, 0.05) is 37.9 Å². The van der Waals surface area contributed by atoms with Gasteiger partial charge in [0.25, 0.3) is 0 Å². The van der Waals surface area contributed by atoms with Gasteiger partial charge in [-0.15, -0.1) is 10.2 Å². The molecule has 3 aromatic rings. The van der Waals surface area contributed by atoms with Crippen LogP contribution in [0.5, 0.6) is 0 Å². The Labute approximate surface area is 205 Å². The second kappa shape index (κ2) is 11.7. The van der Waals surface area contributed by atoms with E-state index in [0.717, 1.165) is 17.5 Å². The number of nitrogens with zero attached hydrogens (tertiary/aromatic N) is 4. The summed E-state index contributed by atoms with van der Waals surface area (Å²) < 4.78 is 7.25. The lowest BCUT2D eigenvalue weighted by Crippen LogP contribution is -2.45. The number of hydrogen-bond acceptors (Lipinski definition) is 5. The Morgan fingerprint density at radius 1 is 1.09 bits per heavy atom. The van der Waals surface area contributed by atoms with Gasteiger partial charge >= 0.3 is 0 Å². The number of amides is 1. The molecule has 3 rings (SSSR count). The van der Waals surface area contributed by atoms with Gasteiger partial charge in [0.15, 0.2) is 11.0 Å². The molecule has 0 bridgehead atoms. The molecule has 0 saturated carbocycles. The Morgan fingerprint density at radius 2 is 1.79 bits per heavy atom. The first kappa shape index (κ1) is 25.3. The van der Waals surface area contributed by atoms with Crippen LogP contribution < -0.4 is 0 Å². The number of hydrogen-bond donors (Lipinski definition) is 0. The summed E-state index contributed by atoms with van der Waals surface area (Å²) in [6, 6.07) is 17.6. The van der Waals surface area contributed by atoms with Crippen molar-refractivity contribution in [2.45, 2.75) is 51.0 Å². The van der Waals surface area contributed by atoms with E-state index in [-0.39, 0.29) is 17.2 Å². The molecular weight excluding hydrogens is 456 g/mol. The zero-order valence-electron chi connectivity index (χ0n) is 19.6. The highest BCUT2D eigenvalue weighted by atomic mass is 35.5. The molecular formula is C25H31ClN4O2S. The first-order valence-corrected chi connectivity index (χ1v) is 12.3. The van der Waals surface area contributed by atoms with Gasteiger partial charge in [0.2, 0.25) is 5.91 Å². The summed E-state index contributed by atoms with van der Waals surface area (Å²) in [5.74, 6) is 1.03. The van der Waals surface area contributed by atoms with Crippen molar-refractivity contribution in [1.82, 2.24) is 19.7 Å². The number of carbonyl (C=O) groups is 1. The lowest BCUT2D eigenvalue weighted by Gasteiger charge is -2.36. The monoisotopic (exact) mass is 486 g/mol. The minimum atomic E-state index is -0.303. The van der Waals surface area contributed by atoms with Crippen molar-refractivity contribution in [2.24, 2.45) is 0 Å². The van der Waals surface area contributed by atoms with E-state index < -0.39 is 0 Å². The van der Waals surface area contributed by atoms with Crippen molar-refractivity contribution < 1.29 is 9.53 Å². The average molecular weight is 487 g/mol. The molecule has 0 unspecified atom stereocenters. The number of rotatable bonds is 10. The second-order valence-corrected chi connectivity index (χ2v) is 10.1. The summed E-state index contributed by atoms with van der Waals surface area (Å²) in [6.45, 7) is 8.03. The van der Waals surface area contributed by atoms with E-state index in [2.05, 4.69) is 31.0 Å². The molecule has 8 heteroatoms. The molecule has 0 N–H and O–H groups in total. The van der Waals surface area contributed by atoms with Gasteiger partial charge in [-0.3, -0.25) is 4.79 Å². The normalized spacial score (nSPS) is 11.5. The van der Waals surface area contributed by atoms with Gasteiger partial charge in [-0.2, -0.15) is 0 Å². The minimum absolute atomic E-state index is 0.0575. The topological polar surface area (TPSA) is 60.2 Å². The Bertz CT molecular complexity index is 1050. The molecule has 0 spiro atoms. The lowest BCUT2D eigenvalue weighted by molar-refractivity contribution is -0.133. The summed E-state index contributed by atoms with van der Waals surface area (Å²) in [5.41, 5.74) is 1.62. The van der Waals surface area contributed by atoms with Crippen LogP contribution in [0.15, 0.2) is 59.8 Å². The Morgan fingerprint density at radius 3 is 2.45 bits per heavy atom. The van der Waals surface area contributed by atoms with E-state index in [1.54, 1.807) is 7.11 Å². The Balaban J connectivity index is 1.80. The number of ether oxygens (including phenoxy) is 1. The summed E-state index contributed by atoms with van der Waals surface area (Å²) in [5, 5.41) is 10.1. The molecule has 0 aliphatic carbocycles. The lowest BCUT2D eigenvalue weighted by atomic mass is 10.0. The zero-order valence-corrected chi connectivity index (χ0v) is 21.2. The van der Waals surface area contributed by atoms with Gasteiger partial charge < -0.3 is 14.2 Å². The van der Waals surface area contributed by atoms with Gasteiger partial charge in [-0.05, 0) is 44.9 Å². The van der Waals surface area contributed by atoms with Crippen LogP contribution in [0.25, 0.3) is 11.4 Å². The fourth-order valence-electron chi connectivity index (χ4n) is 3.48. The molecule has 0 saturated heterocycles. The van der Waals surface area contributed by atoms with Gasteiger partial charge in [-0.25, -0.2) is 0 Å². The Hall–Kier alpha value is -2.35. The highest BCUT2D eigenvalue weighted by Crippen LogP contribution is 2.30. The molecule has 176 valence electrons. The van der Waals surface area contributed by atoms with E-state index in [0.29, 0.717) is 35.7 Å². The van der Waals surface area contributed by atoms with E-state index in [1.807, 2.05) is 64.1 Å². The van der Waals surface area contributed by atoms with Crippen LogP contribution in [0.2, 0.25) is 5.02 Å². The standard InChI is InChI=1S/C25H31ClN4O2S/c1-25(2,3)30(17-19-11-6-5-7-12-19)22(31)18-33-24-28-27-23(29(24)15-10-16-32-4)20-13-8-9-14-21(20)26/h5-9,11-14H,10,15-18H2,1-4H3. The van der Waals surface area contributed by atoms with E-state index >= 15 is 0 Å². The highest BCUT2D eigenvalue weighted by molar-refractivity contribution is 7.99. The molecule has 1 aromatic heterocycles. The fourth-order valence-corrected chi connectivity index (χ4v) is 4.54. The third-order valence-electron chi connectivity index (χ3n) is 5.18. The summed E-state index contributed by atoms with van der Waals surface area (Å²) in [6.07, 6.45) is 0.801. The van der Waals surface area contributed by atoms with Crippen molar-refractivity contribution in [3.05, 3.63) is 65.2 Å². The SMILES string of the molecule is COCCCn1c(SCC(=O)N(Cc2ccccc2)C(C)(C)C)nnc1-c1ccccc1Cl. The minimum Gasteiger partial charge on any atom is -0.385 e. The van der Waals surface area contributed by atoms with Gasteiger partial charge in [0.05, 0.1) is 10.8 Å². The van der Waals surface area contributed by atoms with E-state index in [1.165, 1.54) is 11.8 Å². The second-order valence-electron chi connectivity index (χ2n) is 8.71. The van der Waals surface area contributed by atoms with Crippen LogP contribution in [0.4, 0.5) is 0 Å². The molecule has 0 aliphatic rings. The quantitative estimate of drug-likeness (QED) is 0.277. The predicted molar refractivity (Wildman–Crippen MR) is 134 cm³/mol. The number of methoxy groups -OCH3 is 1. The number of aromatic nitrogens is 3. The molecule has 0 fully saturated rings. The summed E-state index contributed by atoms with van der Waals surface area (Å²) >= 11 is 7.83. The molecule has 2 aromatic carbocycles. The molecule has 6 nitrogen and oxygen atoms in total. The molecule has 33 heavy (non-hydrogen) atoms. The first-order chi connectivity index (χ1) is 15.8. The highest BCUT2D eigenvalue weighted by Gasteiger charge is 2.27. The Kier molecular flexibility index (Phi) is 8.95. The van der Waals surface area contributed by atoms with Crippen LogP contribution >= 0.6 is 23.4 Å². The van der Waals surface area contributed by atoms with Gasteiger partial charge in [0.1, 0.15) is 0 Å². The molecule has 1 amide bonds. The molecule has 0 atom stereocenters. The van der Waals surface area contributed by atoms with Crippen molar-refractivity contribution in [1.29, 1.82) is 0 Å². The summed E-state index contributed by atoms with van der Waals surface area (Å²) in [4.78, 5) is 15.2. The summed E-state index contributed by atoms with van der Waals surface area (Å²) in [7, 11) is 1.68. The van der Waals surface area contributed by atoms with Crippen molar-refractivity contribution in [3.8, 4) is 11.4 Å². The third-order valence-corrected chi connectivity index (χ3v) is 6.46. The largest absolute Gasteiger partial charge is 0.385 e. The van der Waals surface area contributed by atoms with Crippen molar-refractivity contribution in [2.75, 3.05) is 19.5 Å². The average Bonchev–Trinajstić information content (AvgIpc) is 3.19. The number of carbonyl (C=O) groups excluding carboxylic acids is 1. The van der Waals surface area contributed by atoms with Crippen molar-refractivity contribution >= 4 is 29.3 Å². The van der Waals surface area contributed by atoms with Crippen LogP contribution in [0.1, 0.15) is 32.8 Å². The van der Waals surface area contributed by atoms with Crippen LogP contribution in [-0.4, -0.2) is 50.6 Å². The molecule has 0 radical (unpaired) electrons. The smallest absolute Gasteiger partial charge is 0.233 e. The number of thioether (sulfide) groups is 1. The predicted octanol–water partition coefficient (Wildman–Crippen LogP) is 5.55.